The van der Waals surface area contributed by atoms with E-state index in [0.29, 0.717) is 11.1 Å². The van der Waals surface area contributed by atoms with E-state index in [1.165, 1.54) is 0 Å². The minimum absolute atomic E-state index is 0.0205. The second-order valence-electron chi connectivity index (χ2n) is 8.69. The Kier molecular flexibility index (Phi) is 6.97. The van der Waals surface area contributed by atoms with Crippen molar-refractivity contribution in [3.8, 4) is 17.2 Å². The van der Waals surface area contributed by atoms with Crippen LogP contribution in [0, 0.1) is 25.2 Å². The lowest BCUT2D eigenvalue weighted by Gasteiger charge is -2.22. The number of alkyl carbamates (subject to hydrolysis) is 1. The number of nitrogens with one attached hydrogen (secondary N) is 1. The van der Waals surface area contributed by atoms with Gasteiger partial charge < -0.3 is 20.3 Å². The van der Waals surface area contributed by atoms with Gasteiger partial charge in [0.05, 0.1) is 17.7 Å². The maximum atomic E-state index is 12.3. The van der Waals surface area contributed by atoms with E-state index in [9.17, 15) is 15.0 Å². The van der Waals surface area contributed by atoms with E-state index in [-0.39, 0.29) is 25.5 Å². The summed E-state index contributed by atoms with van der Waals surface area (Å²) in [6, 6.07) is 21.7. The molecule has 6 heteroatoms. The average Bonchev–Trinajstić information content (AvgIpc) is 3.15. The normalized spacial score (nSPS) is 14.0. The molecule has 0 aromatic heterocycles. The number of carbonyl (C=O) groups is 1. The van der Waals surface area contributed by atoms with Crippen LogP contribution in [0.15, 0.2) is 60.7 Å². The van der Waals surface area contributed by atoms with Gasteiger partial charge >= 0.3 is 6.09 Å². The summed E-state index contributed by atoms with van der Waals surface area (Å²) in [5.41, 5.74) is 7.21. The first-order valence-electron chi connectivity index (χ1n) is 11.4. The van der Waals surface area contributed by atoms with Crippen LogP contribution >= 0.6 is 0 Å². The molecule has 0 spiro atoms. The second-order valence-corrected chi connectivity index (χ2v) is 8.69. The number of carbonyl (C=O) groups excluding carboxylic acids is 1. The van der Waals surface area contributed by atoms with Crippen molar-refractivity contribution in [2.75, 3.05) is 13.2 Å². The van der Waals surface area contributed by atoms with Gasteiger partial charge in [0.2, 0.25) is 0 Å². The third-order valence-electron chi connectivity index (χ3n) is 6.44. The molecule has 174 valence electrons. The van der Waals surface area contributed by atoms with E-state index in [0.717, 1.165) is 33.4 Å². The monoisotopic (exact) mass is 456 g/mol. The molecule has 34 heavy (non-hydrogen) atoms. The van der Waals surface area contributed by atoms with Crippen molar-refractivity contribution < 1.29 is 19.7 Å². The zero-order chi connectivity index (χ0) is 24.2. The van der Waals surface area contributed by atoms with Crippen LogP contribution in [0.3, 0.4) is 0 Å². The zero-order valence-corrected chi connectivity index (χ0v) is 19.3. The second kappa shape index (κ2) is 10.1. The van der Waals surface area contributed by atoms with Crippen LogP contribution in [0.4, 0.5) is 4.79 Å². The summed E-state index contributed by atoms with van der Waals surface area (Å²) in [5.74, 6) is -0.0205. The molecule has 2 atom stereocenters. The highest BCUT2D eigenvalue weighted by molar-refractivity contribution is 5.79. The molecule has 0 saturated heterocycles. The van der Waals surface area contributed by atoms with Crippen molar-refractivity contribution >= 4 is 6.09 Å². The van der Waals surface area contributed by atoms with Gasteiger partial charge in [0, 0.05) is 12.5 Å². The van der Waals surface area contributed by atoms with Crippen LogP contribution in [0.5, 0.6) is 0 Å². The van der Waals surface area contributed by atoms with Gasteiger partial charge in [-0.05, 0) is 71.3 Å². The highest BCUT2D eigenvalue weighted by Gasteiger charge is 2.29. The standard InChI is InChI=1S/C28H28N2O4/c1-17-13-19(15-29)14-18(2)26(17)27(32)25(31)11-12-30-28(33)34-16-24-22-9-5-3-7-20(22)21-8-4-6-10-23(21)24/h3-10,13-14,24-25,27,31-32H,11-12,16H2,1-2H3,(H,30,33). The number of amides is 1. The van der Waals surface area contributed by atoms with Crippen molar-refractivity contribution in [3.63, 3.8) is 0 Å². The van der Waals surface area contributed by atoms with Crippen LogP contribution in [-0.2, 0) is 4.74 Å². The fraction of sp³-hybridized carbons (Fsp3) is 0.286. The molecule has 0 fully saturated rings. The number of hydrogen-bond acceptors (Lipinski definition) is 5. The summed E-state index contributed by atoms with van der Waals surface area (Å²) >= 11 is 0. The van der Waals surface area contributed by atoms with Crippen molar-refractivity contribution in [3.05, 3.63) is 94.0 Å². The summed E-state index contributed by atoms with van der Waals surface area (Å²) < 4.78 is 5.51. The number of rotatable bonds is 7. The SMILES string of the molecule is Cc1cc(C#N)cc(C)c1C(O)C(O)CCNC(=O)OCC1c2ccccc2-c2ccccc21. The van der Waals surface area contributed by atoms with E-state index in [4.69, 9.17) is 10.00 Å². The summed E-state index contributed by atoms with van der Waals surface area (Å²) in [6.07, 6.45) is -2.59. The number of aliphatic hydroxyl groups is 2. The van der Waals surface area contributed by atoms with Gasteiger partial charge in [0.25, 0.3) is 0 Å². The lowest BCUT2D eigenvalue weighted by molar-refractivity contribution is 0.0129. The molecular weight excluding hydrogens is 428 g/mol. The quantitative estimate of drug-likeness (QED) is 0.486. The van der Waals surface area contributed by atoms with Gasteiger partial charge in [-0.3, -0.25) is 0 Å². The first-order valence-corrected chi connectivity index (χ1v) is 11.4. The number of aryl methyl sites for hydroxylation is 2. The predicted octanol–water partition coefficient (Wildman–Crippen LogP) is 4.50. The fourth-order valence-corrected chi connectivity index (χ4v) is 4.83. The van der Waals surface area contributed by atoms with Gasteiger partial charge in [-0.2, -0.15) is 5.26 Å². The Morgan fingerprint density at radius 1 is 1.03 bits per heavy atom. The number of fused-ring (bicyclic) bond motifs is 3. The Balaban J connectivity index is 1.30. The summed E-state index contributed by atoms with van der Waals surface area (Å²) in [6.45, 7) is 3.97. The molecule has 4 rings (SSSR count). The lowest BCUT2D eigenvalue weighted by atomic mass is 9.92. The summed E-state index contributed by atoms with van der Waals surface area (Å²) in [4.78, 5) is 12.3. The third-order valence-corrected chi connectivity index (χ3v) is 6.44. The molecule has 6 nitrogen and oxygen atoms in total. The van der Waals surface area contributed by atoms with Crippen LogP contribution in [0.1, 0.15) is 51.8 Å². The third kappa shape index (κ3) is 4.67. The first kappa shape index (κ1) is 23.5. The summed E-state index contributed by atoms with van der Waals surface area (Å²) in [5, 5.41) is 32.9. The Bertz CT molecular complexity index is 1180. The largest absolute Gasteiger partial charge is 0.449 e. The van der Waals surface area contributed by atoms with Crippen LogP contribution in [0.25, 0.3) is 11.1 Å². The van der Waals surface area contributed by atoms with Gasteiger partial charge in [0.1, 0.15) is 12.7 Å². The fourth-order valence-electron chi connectivity index (χ4n) is 4.83. The first-order chi connectivity index (χ1) is 16.4. The molecule has 0 heterocycles. The Hall–Kier alpha value is -3.66. The maximum absolute atomic E-state index is 12.3. The molecule has 1 amide bonds. The van der Waals surface area contributed by atoms with Crippen molar-refractivity contribution in [2.45, 2.75) is 38.4 Å². The Labute approximate surface area is 199 Å². The van der Waals surface area contributed by atoms with Crippen LogP contribution in [0.2, 0.25) is 0 Å². The van der Waals surface area contributed by atoms with E-state index >= 15 is 0 Å². The smallest absolute Gasteiger partial charge is 0.407 e. The molecule has 0 aliphatic heterocycles. The Morgan fingerprint density at radius 3 is 2.15 bits per heavy atom. The molecule has 2 unspecified atom stereocenters. The molecule has 1 aliphatic rings. The highest BCUT2D eigenvalue weighted by Crippen LogP contribution is 2.44. The van der Waals surface area contributed by atoms with E-state index in [2.05, 4.69) is 35.7 Å². The molecule has 0 radical (unpaired) electrons. The number of benzene rings is 3. The van der Waals surface area contributed by atoms with Gasteiger partial charge in [-0.15, -0.1) is 0 Å². The molecule has 0 saturated carbocycles. The minimum atomic E-state index is -1.11. The number of ether oxygens (including phenoxy) is 1. The van der Waals surface area contributed by atoms with E-state index in [1.54, 1.807) is 26.0 Å². The van der Waals surface area contributed by atoms with Crippen LogP contribution < -0.4 is 5.32 Å². The average molecular weight is 457 g/mol. The molecule has 0 bridgehead atoms. The van der Waals surface area contributed by atoms with Crippen molar-refractivity contribution in [1.82, 2.24) is 5.32 Å². The maximum Gasteiger partial charge on any atom is 0.407 e. The number of nitrogens with zero attached hydrogens (tertiary/aromatic N) is 1. The van der Waals surface area contributed by atoms with Gasteiger partial charge in [0.15, 0.2) is 0 Å². The minimum Gasteiger partial charge on any atom is -0.449 e. The lowest BCUT2D eigenvalue weighted by Crippen LogP contribution is -2.31. The molecule has 3 N–H and O–H groups in total. The van der Waals surface area contributed by atoms with Crippen molar-refractivity contribution in [2.24, 2.45) is 0 Å². The van der Waals surface area contributed by atoms with Gasteiger partial charge in [-0.1, -0.05) is 48.5 Å². The number of nitriles is 1. The van der Waals surface area contributed by atoms with E-state index < -0.39 is 18.3 Å². The topological polar surface area (TPSA) is 103 Å². The molecule has 1 aliphatic carbocycles. The number of hydrogen-bond donors (Lipinski definition) is 3. The summed E-state index contributed by atoms with van der Waals surface area (Å²) in [7, 11) is 0. The number of aliphatic hydroxyl groups excluding tert-OH is 2. The Morgan fingerprint density at radius 2 is 1.59 bits per heavy atom. The molecular formula is C28H28N2O4. The molecule has 3 aromatic carbocycles. The van der Waals surface area contributed by atoms with Gasteiger partial charge in [-0.25, -0.2) is 4.79 Å². The zero-order valence-electron chi connectivity index (χ0n) is 19.3. The highest BCUT2D eigenvalue weighted by atomic mass is 16.5. The molecule has 3 aromatic rings. The predicted molar refractivity (Wildman–Crippen MR) is 129 cm³/mol. The van der Waals surface area contributed by atoms with Crippen LogP contribution in [-0.4, -0.2) is 35.6 Å². The van der Waals surface area contributed by atoms with E-state index in [1.807, 2.05) is 24.3 Å². The van der Waals surface area contributed by atoms with Crippen molar-refractivity contribution in [1.29, 1.82) is 5.26 Å².